The van der Waals surface area contributed by atoms with Crippen LogP contribution in [0.3, 0.4) is 0 Å². The second-order valence-electron chi connectivity index (χ2n) is 10.8. The summed E-state index contributed by atoms with van der Waals surface area (Å²) in [5.41, 5.74) is -1.46. The number of alkyl halides is 17. The first-order valence-electron chi connectivity index (χ1n) is 10.5. The normalized spacial score (nSPS) is 26.9. The van der Waals surface area contributed by atoms with Gasteiger partial charge in [0.2, 0.25) is 14.0 Å². The molecule has 0 saturated carbocycles. The summed E-state index contributed by atoms with van der Waals surface area (Å²) in [7, 11) is -9.74. The third-order valence-electron chi connectivity index (χ3n) is 5.98. The minimum atomic E-state index is -8.36. The molecular weight excluding hydrogens is 627 g/mol. The monoisotopic (exact) mass is 650 g/mol. The maximum atomic E-state index is 15.1. The lowest BCUT2D eigenvalue weighted by atomic mass is 9.89. The maximum absolute atomic E-state index is 15.1. The highest BCUT2D eigenvalue weighted by atomic mass is 29.6. The van der Waals surface area contributed by atoms with Gasteiger partial charge in [-0.25, -0.2) is 22.0 Å². The molecule has 0 N–H and O–H groups in total. The van der Waals surface area contributed by atoms with Crippen LogP contribution in [0.1, 0.15) is 13.8 Å². The van der Waals surface area contributed by atoms with Crippen molar-refractivity contribution in [1.82, 2.24) is 0 Å². The molecule has 38 heavy (non-hydrogen) atoms. The lowest BCUT2D eigenvalue weighted by molar-refractivity contribution is -0.432. The Bertz CT molecular complexity index is 847. The van der Waals surface area contributed by atoms with E-state index in [9.17, 15) is 70.2 Å². The highest BCUT2D eigenvalue weighted by Gasteiger charge is 2.92. The fraction of sp³-hybridized carbons (Fsp3) is 1.00. The third-order valence-corrected chi connectivity index (χ3v) is 34.1. The molecule has 0 spiro atoms. The van der Waals surface area contributed by atoms with Crippen LogP contribution >= 0.6 is 0 Å². The summed E-state index contributed by atoms with van der Waals surface area (Å²) >= 11 is 0. The Balaban J connectivity index is 3.63. The molecule has 1 fully saturated rings. The van der Waals surface area contributed by atoms with Gasteiger partial charge in [-0.1, -0.05) is 13.1 Å². The van der Waals surface area contributed by atoms with Crippen LogP contribution in [0, 0.1) is 0 Å². The Morgan fingerprint density at radius 2 is 1.03 bits per heavy atom. The average molecular weight is 651 g/mol. The van der Waals surface area contributed by atoms with E-state index in [1.54, 1.807) is 0 Å². The molecule has 0 bridgehead atoms. The first-order valence-corrected chi connectivity index (χ1v) is 20.8. The molecule has 4 unspecified atom stereocenters. The van der Waals surface area contributed by atoms with Crippen LogP contribution in [0.15, 0.2) is 0 Å². The van der Waals surface area contributed by atoms with Gasteiger partial charge in [-0.2, -0.15) is 52.7 Å². The van der Waals surface area contributed by atoms with Crippen molar-refractivity contribution in [3.63, 3.8) is 0 Å². The van der Waals surface area contributed by atoms with E-state index in [1.807, 2.05) is 0 Å². The van der Waals surface area contributed by atoms with Crippen molar-refractivity contribution in [2.45, 2.75) is 105 Å². The molecule has 0 aliphatic carbocycles. The topological polar surface area (TPSA) is 9.23 Å². The van der Waals surface area contributed by atoms with E-state index in [0.29, 0.717) is 6.55 Å². The van der Waals surface area contributed by atoms with Crippen molar-refractivity contribution in [3.05, 3.63) is 0 Å². The van der Waals surface area contributed by atoms with Crippen LogP contribution in [-0.2, 0) is 4.43 Å². The molecule has 228 valence electrons. The van der Waals surface area contributed by atoms with Crippen molar-refractivity contribution in [3.8, 4) is 0 Å². The van der Waals surface area contributed by atoms with Gasteiger partial charge in [0.1, 0.15) is 0 Å². The third kappa shape index (κ3) is 5.37. The number of hydrogen-bond acceptors (Lipinski definition) is 1. The van der Waals surface area contributed by atoms with E-state index >= 15 is 4.39 Å². The lowest BCUT2D eigenvalue weighted by Gasteiger charge is -2.51. The van der Waals surface area contributed by atoms with Gasteiger partial charge in [0.15, 0.2) is 12.0 Å². The van der Waals surface area contributed by atoms with Crippen LogP contribution in [0.4, 0.5) is 74.6 Å². The van der Waals surface area contributed by atoms with Crippen molar-refractivity contribution < 1.29 is 79.1 Å². The smallest absolute Gasteiger partial charge is 0.384 e. The van der Waals surface area contributed by atoms with Gasteiger partial charge in [-0.05, 0) is 26.4 Å². The molecule has 0 amide bonds. The van der Waals surface area contributed by atoms with Crippen molar-refractivity contribution in [2.24, 2.45) is 0 Å². The molecule has 1 aliphatic heterocycles. The zero-order chi connectivity index (χ0) is 30.9. The van der Waals surface area contributed by atoms with Gasteiger partial charge < -0.3 is 4.43 Å². The van der Waals surface area contributed by atoms with E-state index in [4.69, 9.17) is 4.43 Å². The maximum Gasteiger partial charge on any atom is 0.384 e. The van der Waals surface area contributed by atoms with Gasteiger partial charge in [0.05, 0.1) is 0 Å². The van der Waals surface area contributed by atoms with Crippen LogP contribution in [0.5, 0.6) is 0 Å². The van der Waals surface area contributed by atoms with Gasteiger partial charge in [-0.15, -0.1) is 0 Å². The van der Waals surface area contributed by atoms with Crippen molar-refractivity contribution >= 4 is 24.0 Å². The highest BCUT2D eigenvalue weighted by molar-refractivity contribution is 7.52. The van der Waals surface area contributed by atoms with Gasteiger partial charge in [0, 0.05) is 21.7 Å². The van der Waals surface area contributed by atoms with Crippen LogP contribution < -0.4 is 0 Å². The molecule has 0 aromatic carbocycles. The van der Waals surface area contributed by atoms with E-state index in [2.05, 4.69) is 0 Å². The summed E-state index contributed by atoms with van der Waals surface area (Å²) in [6.45, 7) is 6.06. The summed E-state index contributed by atoms with van der Waals surface area (Å²) in [4.78, 5) is 0. The predicted molar refractivity (Wildman–Crippen MR) is 108 cm³/mol. The first kappa shape index (κ1) is 35.4. The fourth-order valence-electron chi connectivity index (χ4n) is 4.87. The quantitative estimate of drug-likeness (QED) is 0.185. The summed E-state index contributed by atoms with van der Waals surface area (Å²) in [5.74, 6) is -51.6. The van der Waals surface area contributed by atoms with E-state index < -0.39 is 89.7 Å². The van der Waals surface area contributed by atoms with Crippen molar-refractivity contribution in [1.29, 1.82) is 0 Å². The van der Waals surface area contributed by atoms with Crippen LogP contribution in [0.2, 0.25) is 25.7 Å². The highest BCUT2D eigenvalue weighted by Crippen LogP contribution is 2.62. The second-order valence-corrected chi connectivity index (χ2v) is 33.3. The minimum Gasteiger partial charge on any atom is -0.413 e. The van der Waals surface area contributed by atoms with Gasteiger partial charge in [0.25, 0.3) is 6.43 Å². The van der Waals surface area contributed by atoms with E-state index in [1.165, 1.54) is 26.9 Å². The molecular formula is C17H23F17OSi3. The van der Waals surface area contributed by atoms with Crippen LogP contribution in [-0.4, -0.2) is 89.7 Å². The van der Waals surface area contributed by atoms with Crippen LogP contribution in [0.25, 0.3) is 0 Å². The molecule has 1 nitrogen and oxygen atoms in total. The Labute approximate surface area is 209 Å². The Morgan fingerprint density at radius 1 is 0.658 bits per heavy atom. The van der Waals surface area contributed by atoms with E-state index in [-0.39, 0.29) is 6.04 Å². The summed E-state index contributed by atoms with van der Waals surface area (Å²) in [6, 6.07) is 0.178. The zero-order valence-corrected chi connectivity index (χ0v) is 23.5. The molecule has 0 aromatic heterocycles. The zero-order valence-electron chi connectivity index (χ0n) is 20.1. The molecule has 1 saturated heterocycles. The molecule has 0 aromatic rings. The number of hydrogen-bond donors (Lipinski definition) is 0. The van der Waals surface area contributed by atoms with Crippen molar-refractivity contribution in [2.75, 3.05) is 0 Å². The molecule has 21 heteroatoms. The minimum absolute atomic E-state index is 0.178. The standard InChI is InChI=1S/C17H23F17OSi3/c1-11(2)6-37(3,4)36-38(5,35-11)10(22)13(25,26)15(29,30)17(33,34)16(31,32)14(27,28)12(23,24)8(19)7(18)9(20)21/h7-10H,6,36H2,1-5H3. The number of rotatable bonds is 10. The first-order chi connectivity index (χ1) is 16.3. The largest absolute Gasteiger partial charge is 0.413 e. The summed E-state index contributed by atoms with van der Waals surface area (Å²) < 4.78 is 240. The van der Waals surface area contributed by atoms with Gasteiger partial charge >= 0.3 is 35.5 Å². The Morgan fingerprint density at radius 3 is 1.37 bits per heavy atom. The molecule has 1 heterocycles. The Kier molecular flexibility index (Phi) is 9.11. The second kappa shape index (κ2) is 9.76. The molecule has 4 atom stereocenters. The fourth-order valence-corrected chi connectivity index (χ4v) is 43.1. The summed E-state index contributed by atoms with van der Waals surface area (Å²) in [5, 5.41) is 0. The lowest BCUT2D eigenvalue weighted by Crippen LogP contribution is -2.77. The Hall–Kier alpha value is -0.579. The molecule has 1 aliphatic rings. The average Bonchev–Trinajstić information content (AvgIpc) is 2.68. The SMILES string of the molecule is CC1(C)C[Si](C)(C)[SiH2][Si](C)(C(F)C(F)(F)C(F)(F)C(F)(F)C(F)(F)C(F)(F)C(F)(F)C(F)C(F)C(F)F)O1. The van der Waals surface area contributed by atoms with Gasteiger partial charge in [-0.3, -0.25) is 0 Å². The molecule has 1 rings (SSSR count). The summed E-state index contributed by atoms with van der Waals surface area (Å²) in [6.07, 6.45) is -15.6. The van der Waals surface area contributed by atoms with E-state index in [0.717, 1.165) is 0 Å². The number of halogens is 17. The predicted octanol–water partition coefficient (Wildman–Crippen LogP) is 6.87. The molecule has 0 radical (unpaired) electrons.